The Morgan fingerprint density at radius 3 is 2.19 bits per heavy atom. The summed E-state index contributed by atoms with van der Waals surface area (Å²) in [5, 5.41) is 3.62. The van der Waals surface area contributed by atoms with Crippen LogP contribution < -0.4 is 10.1 Å². The third-order valence-corrected chi connectivity index (χ3v) is 4.72. The second-order valence-corrected chi connectivity index (χ2v) is 6.82. The fourth-order valence-corrected chi connectivity index (χ4v) is 3.70. The third kappa shape index (κ3) is 4.31. The molecule has 21 heavy (non-hydrogen) atoms. The van der Waals surface area contributed by atoms with Crippen molar-refractivity contribution in [3.05, 3.63) is 62.5 Å². The van der Waals surface area contributed by atoms with Crippen LogP contribution in [0.3, 0.4) is 0 Å². The monoisotopic (exact) mass is 411 g/mol. The van der Waals surface area contributed by atoms with Gasteiger partial charge in [-0.3, -0.25) is 0 Å². The van der Waals surface area contributed by atoms with Crippen molar-refractivity contribution in [2.75, 3.05) is 7.11 Å². The second kappa shape index (κ2) is 7.43. The van der Waals surface area contributed by atoms with Crippen LogP contribution >= 0.6 is 31.9 Å². The number of ether oxygens (including phenoxy) is 1. The van der Waals surface area contributed by atoms with Crippen molar-refractivity contribution in [3.63, 3.8) is 0 Å². The van der Waals surface area contributed by atoms with E-state index in [1.54, 1.807) is 7.11 Å². The molecule has 0 saturated carbocycles. The average molecular weight is 413 g/mol. The van der Waals surface area contributed by atoms with Gasteiger partial charge in [0.25, 0.3) is 0 Å². The number of hydrogen-bond donors (Lipinski definition) is 1. The quantitative estimate of drug-likeness (QED) is 0.686. The number of halogens is 2. The molecule has 0 bridgehead atoms. The van der Waals surface area contributed by atoms with E-state index in [0.717, 1.165) is 14.7 Å². The van der Waals surface area contributed by atoms with Gasteiger partial charge >= 0.3 is 0 Å². The summed E-state index contributed by atoms with van der Waals surface area (Å²) in [6.07, 6.45) is 0. The minimum Gasteiger partial charge on any atom is -0.497 e. The lowest BCUT2D eigenvalue weighted by molar-refractivity contribution is 0.414. The first-order valence-electron chi connectivity index (χ1n) is 6.86. The Hall–Kier alpha value is -0.840. The minimum absolute atomic E-state index is 0.254. The normalized spacial score (nSPS) is 13.8. The van der Waals surface area contributed by atoms with Crippen molar-refractivity contribution in [1.82, 2.24) is 5.32 Å². The van der Waals surface area contributed by atoms with Crippen LogP contribution in [0, 0.1) is 0 Å². The minimum atomic E-state index is 0.254. The van der Waals surface area contributed by atoms with Gasteiger partial charge in [0.1, 0.15) is 5.75 Å². The molecule has 0 aliphatic heterocycles. The van der Waals surface area contributed by atoms with Crippen LogP contribution in [0.2, 0.25) is 0 Å². The highest BCUT2D eigenvalue weighted by atomic mass is 79.9. The van der Waals surface area contributed by atoms with Crippen LogP contribution in [0.15, 0.2) is 51.4 Å². The van der Waals surface area contributed by atoms with Gasteiger partial charge in [-0.15, -0.1) is 0 Å². The van der Waals surface area contributed by atoms with Crippen LogP contribution in [-0.2, 0) is 0 Å². The van der Waals surface area contributed by atoms with Crippen molar-refractivity contribution in [3.8, 4) is 5.75 Å². The molecule has 0 spiro atoms. The number of methoxy groups -OCH3 is 1. The molecule has 0 heterocycles. The fraction of sp³-hybridized carbons (Fsp3) is 0.294. The van der Waals surface area contributed by atoms with Gasteiger partial charge < -0.3 is 10.1 Å². The second-order valence-electron chi connectivity index (χ2n) is 5.05. The van der Waals surface area contributed by atoms with Crippen molar-refractivity contribution in [1.29, 1.82) is 0 Å². The van der Waals surface area contributed by atoms with Crippen molar-refractivity contribution >= 4 is 31.9 Å². The summed E-state index contributed by atoms with van der Waals surface area (Å²) >= 11 is 7.11. The molecule has 0 amide bonds. The van der Waals surface area contributed by atoms with E-state index in [-0.39, 0.29) is 12.1 Å². The standard InChI is InChI=1S/C17H19Br2NO/c1-11(13-4-7-15(21-3)8-5-13)20-12(2)16-9-6-14(18)10-17(16)19/h4-12,20H,1-3H3/t11-,12?/m1/s1. The van der Waals surface area contributed by atoms with E-state index in [4.69, 9.17) is 4.74 Å². The van der Waals surface area contributed by atoms with E-state index in [0.29, 0.717) is 0 Å². The topological polar surface area (TPSA) is 21.3 Å². The highest BCUT2D eigenvalue weighted by Gasteiger charge is 2.13. The first-order valence-corrected chi connectivity index (χ1v) is 8.45. The molecular formula is C17H19Br2NO. The van der Waals surface area contributed by atoms with Gasteiger partial charge in [0.15, 0.2) is 0 Å². The largest absolute Gasteiger partial charge is 0.497 e. The Kier molecular flexibility index (Phi) is 5.85. The maximum absolute atomic E-state index is 5.20. The number of hydrogen-bond acceptors (Lipinski definition) is 2. The van der Waals surface area contributed by atoms with Crippen LogP contribution in [-0.4, -0.2) is 7.11 Å². The Morgan fingerprint density at radius 1 is 0.952 bits per heavy atom. The zero-order valence-electron chi connectivity index (χ0n) is 12.4. The van der Waals surface area contributed by atoms with E-state index in [1.807, 2.05) is 12.1 Å². The van der Waals surface area contributed by atoms with Crippen molar-refractivity contribution < 1.29 is 4.74 Å². The molecule has 112 valence electrons. The maximum Gasteiger partial charge on any atom is 0.118 e. The molecule has 1 N–H and O–H groups in total. The average Bonchev–Trinajstić information content (AvgIpc) is 2.47. The van der Waals surface area contributed by atoms with Gasteiger partial charge in [0.05, 0.1) is 7.11 Å². The van der Waals surface area contributed by atoms with E-state index >= 15 is 0 Å². The van der Waals surface area contributed by atoms with E-state index in [1.165, 1.54) is 11.1 Å². The first kappa shape index (κ1) is 16.5. The molecule has 1 unspecified atom stereocenters. The Balaban J connectivity index is 2.08. The van der Waals surface area contributed by atoms with Gasteiger partial charge in [-0.25, -0.2) is 0 Å². The van der Waals surface area contributed by atoms with Crippen molar-refractivity contribution in [2.45, 2.75) is 25.9 Å². The molecule has 2 rings (SSSR count). The highest BCUT2D eigenvalue weighted by Crippen LogP contribution is 2.28. The lowest BCUT2D eigenvalue weighted by Gasteiger charge is -2.22. The summed E-state index contributed by atoms with van der Waals surface area (Å²) < 4.78 is 7.38. The van der Waals surface area contributed by atoms with Gasteiger partial charge in [-0.2, -0.15) is 0 Å². The molecule has 0 aromatic heterocycles. The number of nitrogens with one attached hydrogen (secondary N) is 1. The molecule has 0 fully saturated rings. The Bertz CT molecular complexity index is 598. The summed E-state index contributed by atoms with van der Waals surface area (Å²) in [6, 6.07) is 15.0. The van der Waals surface area contributed by atoms with E-state index in [9.17, 15) is 0 Å². The summed E-state index contributed by atoms with van der Waals surface area (Å²) in [4.78, 5) is 0. The highest BCUT2D eigenvalue weighted by molar-refractivity contribution is 9.11. The molecule has 2 aromatic carbocycles. The molecule has 2 aromatic rings. The summed E-state index contributed by atoms with van der Waals surface area (Å²) in [6.45, 7) is 4.35. The van der Waals surface area contributed by atoms with Crippen LogP contribution in [0.5, 0.6) is 5.75 Å². The molecule has 0 aliphatic carbocycles. The zero-order valence-corrected chi connectivity index (χ0v) is 15.5. The van der Waals surface area contributed by atoms with Gasteiger partial charge in [0.2, 0.25) is 0 Å². The van der Waals surface area contributed by atoms with Gasteiger partial charge in [-0.05, 0) is 49.2 Å². The molecule has 2 atom stereocenters. The molecule has 0 aliphatic rings. The summed E-state index contributed by atoms with van der Waals surface area (Å²) in [7, 11) is 1.68. The predicted molar refractivity (Wildman–Crippen MR) is 94.8 cm³/mol. The predicted octanol–water partition coefficient (Wildman–Crippen LogP) is 5.63. The van der Waals surface area contributed by atoms with Crippen LogP contribution in [0.4, 0.5) is 0 Å². The molecule has 0 radical (unpaired) electrons. The molecule has 0 saturated heterocycles. The zero-order chi connectivity index (χ0) is 15.4. The SMILES string of the molecule is COc1ccc([C@@H](C)NC(C)c2ccc(Br)cc2Br)cc1. The van der Waals surface area contributed by atoms with Crippen LogP contribution in [0.25, 0.3) is 0 Å². The Labute approximate surface area is 143 Å². The molecular weight excluding hydrogens is 394 g/mol. The first-order chi connectivity index (χ1) is 10.0. The van der Waals surface area contributed by atoms with Gasteiger partial charge in [0, 0.05) is 21.0 Å². The van der Waals surface area contributed by atoms with Crippen LogP contribution in [0.1, 0.15) is 37.1 Å². The lowest BCUT2D eigenvalue weighted by atomic mass is 10.0. The van der Waals surface area contributed by atoms with E-state index < -0.39 is 0 Å². The number of benzene rings is 2. The smallest absolute Gasteiger partial charge is 0.118 e. The van der Waals surface area contributed by atoms with Gasteiger partial charge in [-0.1, -0.05) is 50.1 Å². The van der Waals surface area contributed by atoms with E-state index in [2.05, 4.69) is 81.4 Å². The third-order valence-electron chi connectivity index (χ3n) is 3.54. The fourth-order valence-electron chi connectivity index (χ4n) is 2.31. The molecule has 2 nitrogen and oxygen atoms in total. The maximum atomic E-state index is 5.20. The molecule has 4 heteroatoms. The summed E-state index contributed by atoms with van der Waals surface area (Å²) in [5.41, 5.74) is 2.49. The lowest BCUT2D eigenvalue weighted by Crippen LogP contribution is -2.22. The number of rotatable bonds is 5. The van der Waals surface area contributed by atoms with Crippen molar-refractivity contribution in [2.24, 2.45) is 0 Å². The summed E-state index contributed by atoms with van der Waals surface area (Å²) in [5.74, 6) is 0.884. The Morgan fingerprint density at radius 2 is 1.62 bits per heavy atom.